The zero-order valence-electron chi connectivity index (χ0n) is 7.69. The normalized spacial score (nSPS) is 12.8. The molecular weight excluding hydrogens is 184 g/mol. The van der Waals surface area contributed by atoms with E-state index in [-0.39, 0.29) is 5.92 Å². The van der Waals surface area contributed by atoms with Crippen molar-refractivity contribution in [3.8, 4) is 12.3 Å². The Morgan fingerprint density at radius 2 is 2.31 bits per heavy atom. The van der Waals surface area contributed by atoms with Gasteiger partial charge in [-0.1, -0.05) is 18.3 Å². The number of aromatic nitrogens is 2. The fraction of sp³-hybridized carbons (Fsp3) is 0.556. The predicted molar refractivity (Wildman–Crippen MR) is 52.4 cm³/mol. The van der Waals surface area contributed by atoms with Gasteiger partial charge in [-0.05, 0) is 17.5 Å². The molecule has 0 aromatic carbocycles. The molecule has 0 saturated heterocycles. The Kier molecular flexibility index (Phi) is 3.40. The molecule has 1 unspecified atom stereocenters. The van der Waals surface area contributed by atoms with E-state index in [9.17, 15) is 5.11 Å². The highest BCUT2D eigenvalue weighted by atomic mass is 32.1. The van der Waals surface area contributed by atoms with Gasteiger partial charge in [0.25, 0.3) is 0 Å². The topological polar surface area (TPSA) is 46.0 Å². The highest BCUT2D eigenvalue weighted by Crippen LogP contribution is 2.27. The third-order valence-corrected chi connectivity index (χ3v) is 2.54. The molecule has 0 aliphatic carbocycles. The molecule has 0 fully saturated rings. The molecule has 1 aromatic rings. The van der Waals surface area contributed by atoms with Crippen LogP contribution in [-0.2, 0) is 0 Å². The average Bonchev–Trinajstić information content (AvgIpc) is 2.52. The molecule has 0 amide bonds. The third kappa shape index (κ3) is 2.27. The van der Waals surface area contributed by atoms with Crippen molar-refractivity contribution in [3.63, 3.8) is 0 Å². The highest BCUT2D eigenvalue weighted by Gasteiger charge is 2.17. The lowest BCUT2D eigenvalue weighted by Gasteiger charge is -2.07. The Morgan fingerprint density at radius 3 is 2.85 bits per heavy atom. The van der Waals surface area contributed by atoms with E-state index in [1.165, 1.54) is 11.5 Å². The Balaban J connectivity index is 2.88. The maximum absolute atomic E-state index is 9.63. The number of rotatable bonds is 3. The predicted octanol–water partition coefficient (Wildman–Crippen LogP) is 1.72. The summed E-state index contributed by atoms with van der Waals surface area (Å²) in [5.41, 5.74) is 0.854. The maximum atomic E-state index is 9.63. The van der Waals surface area contributed by atoms with Gasteiger partial charge in [-0.25, -0.2) is 0 Å². The van der Waals surface area contributed by atoms with Crippen LogP contribution >= 0.6 is 11.5 Å². The van der Waals surface area contributed by atoms with Crippen molar-refractivity contribution in [1.29, 1.82) is 0 Å². The van der Waals surface area contributed by atoms with Crippen LogP contribution in [0, 0.1) is 12.3 Å². The van der Waals surface area contributed by atoms with Crippen molar-refractivity contribution >= 4 is 11.5 Å². The third-order valence-electron chi connectivity index (χ3n) is 1.70. The minimum atomic E-state index is -0.609. The van der Waals surface area contributed by atoms with Gasteiger partial charge in [0, 0.05) is 6.42 Å². The first-order chi connectivity index (χ1) is 6.16. The SMILES string of the molecule is C#CCC(O)c1snnc1C(C)C. The lowest BCUT2D eigenvalue weighted by Crippen LogP contribution is -1.99. The summed E-state index contributed by atoms with van der Waals surface area (Å²) in [4.78, 5) is 0.799. The van der Waals surface area contributed by atoms with Gasteiger partial charge < -0.3 is 5.11 Å². The second kappa shape index (κ2) is 4.35. The molecule has 1 aromatic heterocycles. The highest BCUT2D eigenvalue weighted by molar-refractivity contribution is 7.05. The molecule has 3 nitrogen and oxygen atoms in total. The second-order valence-corrected chi connectivity index (χ2v) is 3.89. The molecule has 13 heavy (non-hydrogen) atoms. The molecule has 0 bridgehead atoms. The van der Waals surface area contributed by atoms with Gasteiger partial charge in [0.2, 0.25) is 0 Å². The molecular formula is C9H12N2OS. The van der Waals surface area contributed by atoms with Crippen molar-refractivity contribution < 1.29 is 5.11 Å². The molecule has 0 saturated carbocycles. The maximum Gasteiger partial charge on any atom is 0.103 e. The zero-order chi connectivity index (χ0) is 9.84. The van der Waals surface area contributed by atoms with Crippen molar-refractivity contribution in [3.05, 3.63) is 10.6 Å². The molecule has 0 radical (unpaired) electrons. The average molecular weight is 196 g/mol. The Bertz CT molecular complexity index is 314. The number of hydrogen-bond acceptors (Lipinski definition) is 4. The van der Waals surface area contributed by atoms with Crippen molar-refractivity contribution in [2.24, 2.45) is 0 Å². The minimum absolute atomic E-state index is 0.279. The van der Waals surface area contributed by atoms with Gasteiger partial charge in [0.1, 0.15) is 6.10 Å². The summed E-state index contributed by atoms with van der Waals surface area (Å²) in [7, 11) is 0. The molecule has 0 spiro atoms. The van der Waals surface area contributed by atoms with Crippen LogP contribution in [0.3, 0.4) is 0 Å². The van der Waals surface area contributed by atoms with Crippen LogP contribution < -0.4 is 0 Å². The minimum Gasteiger partial charge on any atom is -0.386 e. The van der Waals surface area contributed by atoms with Gasteiger partial charge in [-0.15, -0.1) is 17.4 Å². The summed E-state index contributed by atoms with van der Waals surface area (Å²) in [5, 5.41) is 13.6. The fourth-order valence-corrected chi connectivity index (χ4v) is 1.83. The number of terminal acetylenes is 1. The molecule has 0 aliphatic heterocycles. The molecule has 1 N–H and O–H groups in total. The van der Waals surface area contributed by atoms with Gasteiger partial charge >= 0.3 is 0 Å². The van der Waals surface area contributed by atoms with Gasteiger partial charge in [-0.3, -0.25) is 0 Å². The molecule has 4 heteroatoms. The number of aliphatic hydroxyl groups is 1. The first-order valence-corrected chi connectivity index (χ1v) is 4.87. The molecule has 0 aliphatic rings. The van der Waals surface area contributed by atoms with Crippen molar-refractivity contribution in [1.82, 2.24) is 9.59 Å². The van der Waals surface area contributed by atoms with Crippen LogP contribution in [-0.4, -0.2) is 14.7 Å². The Hall–Kier alpha value is -0.920. The quantitative estimate of drug-likeness (QED) is 0.749. The van der Waals surface area contributed by atoms with Crippen molar-refractivity contribution in [2.75, 3.05) is 0 Å². The van der Waals surface area contributed by atoms with E-state index in [4.69, 9.17) is 6.42 Å². The smallest absolute Gasteiger partial charge is 0.103 e. The molecule has 1 heterocycles. The molecule has 70 valence electrons. The van der Waals surface area contributed by atoms with Crippen molar-refractivity contribution in [2.45, 2.75) is 32.3 Å². The van der Waals surface area contributed by atoms with Crippen LogP contribution in [0.2, 0.25) is 0 Å². The zero-order valence-corrected chi connectivity index (χ0v) is 8.51. The van der Waals surface area contributed by atoms with Gasteiger partial charge in [-0.2, -0.15) is 0 Å². The summed E-state index contributed by atoms with van der Waals surface area (Å²) < 4.78 is 3.81. The van der Waals surface area contributed by atoms with Crippen LogP contribution in [0.15, 0.2) is 0 Å². The first kappa shape index (κ1) is 10.2. The second-order valence-electron chi connectivity index (χ2n) is 3.10. The lowest BCUT2D eigenvalue weighted by atomic mass is 10.1. The molecule has 1 atom stereocenters. The van der Waals surface area contributed by atoms with Crippen LogP contribution in [0.4, 0.5) is 0 Å². The van der Waals surface area contributed by atoms with E-state index < -0.39 is 6.10 Å². The number of aliphatic hydroxyl groups excluding tert-OH is 1. The van der Waals surface area contributed by atoms with Gasteiger partial charge in [0.15, 0.2) is 0 Å². The Morgan fingerprint density at radius 1 is 1.62 bits per heavy atom. The largest absolute Gasteiger partial charge is 0.386 e. The molecule has 1 rings (SSSR count). The lowest BCUT2D eigenvalue weighted by molar-refractivity contribution is 0.186. The Labute approximate surface area is 82.0 Å². The summed E-state index contributed by atoms with van der Waals surface area (Å²) in [6.07, 6.45) is 4.83. The van der Waals surface area contributed by atoms with Gasteiger partial charge in [0.05, 0.1) is 10.6 Å². The fourth-order valence-electron chi connectivity index (χ4n) is 1.04. The van der Waals surface area contributed by atoms with E-state index in [2.05, 4.69) is 15.5 Å². The number of nitrogens with zero attached hydrogens (tertiary/aromatic N) is 2. The summed E-state index contributed by atoms with van der Waals surface area (Å²) in [6.45, 7) is 4.03. The van der Waals surface area contributed by atoms with E-state index in [1.54, 1.807) is 0 Å². The van der Waals surface area contributed by atoms with E-state index in [0.717, 1.165) is 10.6 Å². The summed E-state index contributed by atoms with van der Waals surface area (Å²) in [5.74, 6) is 2.70. The van der Waals surface area contributed by atoms with Crippen LogP contribution in [0.25, 0.3) is 0 Å². The summed E-state index contributed by atoms with van der Waals surface area (Å²) >= 11 is 1.22. The van der Waals surface area contributed by atoms with E-state index in [1.807, 2.05) is 13.8 Å². The van der Waals surface area contributed by atoms with Crippen LogP contribution in [0.1, 0.15) is 42.9 Å². The summed E-state index contributed by atoms with van der Waals surface area (Å²) in [6, 6.07) is 0. The standard InChI is InChI=1S/C9H12N2OS/c1-4-5-7(12)9-8(6(2)3)10-11-13-9/h1,6-7,12H,5H2,2-3H3. The van der Waals surface area contributed by atoms with E-state index >= 15 is 0 Å². The van der Waals surface area contributed by atoms with Crippen LogP contribution in [0.5, 0.6) is 0 Å². The first-order valence-electron chi connectivity index (χ1n) is 4.10. The van der Waals surface area contributed by atoms with E-state index in [0.29, 0.717) is 6.42 Å². The monoisotopic (exact) mass is 196 g/mol. The number of hydrogen-bond donors (Lipinski definition) is 1.